The molecule has 0 aliphatic heterocycles. The molecule has 0 spiro atoms. The molecule has 1 aliphatic carbocycles. The molecule has 7 heteroatoms. The number of carbonyl (C=O) groups excluding carboxylic acids is 1. The van der Waals surface area contributed by atoms with Gasteiger partial charge in [0.1, 0.15) is 11.4 Å². The van der Waals surface area contributed by atoms with E-state index in [4.69, 9.17) is 9.47 Å². The first-order valence-electron chi connectivity index (χ1n) is 6.73. The highest BCUT2D eigenvalue weighted by Crippen LogP contribution is 2.46. The molecule has 0 radical (unpaired) electrons. The molecule has 22 heavy (non-hydrogen) atoms. The second kappa shape index (κ2) is 5.44. The van der Waals surface area contributed by atoms with E-state index in [1.807, 2.05) is 0 Å². The highest BCUT2D eigenvalue weighted by atomic mass is 79.9. The maximum atomic E-state index is 12.9. The first-order chi connectivity index (χ1) is 9.95. The van der Waals surface area contributed by atoms with Gasteiger partial charge in [-0.2, -0.15) is 13.2 Å². The number of benzene rings is 1. The Morgan fingerprint density at radius 1 is 1.23 bits per heavy atom. The summed E-state index contributed by atoms with van der Waals surface area (Å²) in [4.78, 5) is 12.2. The van der Waals surface area contributed by atoms with E-state index in [0.29, 0.717) is 12.8 Å². The predicted molar refractivity (Wildman–Crippen MR) is 77.6 cm³/mol. The topological polar surface area (TPSA) is 35.5 Å². The lowest BCUT2D eigenvalue weighted by Gasteiger charge is -2.25. The zero-order valence-corrected chi connectivity index (χ0v) is 14.0. The highest BCUT2D eigenvalue weighted by Gasteiger charge is 2.56. The molecule has 1 fully saturated rings. The van der Waals surface area contributed by atoms with Gasteiger partial charge in [-0.1, -0.05) is 6.07 Å². The molecular weight excluding hydrogens is 365 g/mol. The standard InChI is InChI=1S/C15H16BrF3O3/c1-13(2,3)22-12(20)14(7-8-14)21-10-6-4-5-9(11(10)16)15(17,18)19/h4-6H,7-8H2,1-3H3. The molecule has 0 bridgehead atoms. The molecule has 0 amide bonds. The largest absolute Gasteiger partial charge is 0.474 e. The second-order valence-electron chi connectivity index (χ2n) is 6.21. The second-order valence-corrected chi connectivity index (χ2v) is 7.01. The lowest BCUT2D eigenvalue weighted by Crippen LogP contribution is -2.37. The van der Waals surface area contributed by atoms with Crippen LogP contribution in [0.4, 0.5) is 13.2 Å². The van der Waals surface area contributed by atoms with E-state index >= 15 is 0 Å². The van der Waals surface area contributed by atoms with Crippen LogP contribution in [0.3, 0.4) is 0 Å². The Balaban J connectivity index is 2.23. The van der Waals surface area contributed by atoms with Gasteiger partial charge in [-0.25, -0.2) is 4.79 Å². The summed E-state index contributed by atoms with van der Waals surface area (Å²) in [5.41, 5.74) is -2.70. The Hall–Kier alpha value is -1.24. The summed E-state index contributed by atoms with van der Waals surface area (Å²) in [6, 6.07) is 3.59. The monoisotopic (exact) mass is 380 g/mol. The van der Waals surface area contributed by atoms with Crippen LogP contribution in [0.15, 0.2) is 22.7 Å². The summed E-state index contributed by atoms with van der Waals surface area (Å²) in [5, 5.41) is 0. The van der Waals surface area contributed by atoms with E-state index in [2.05, 4.69) is 15.9 Å². The fourth-order valence-corrected chi connectivity index (χ4v) is 2.42. The van der Waals surface area contributed by atoms with Gasteiger partial charge >= 0.3 is 12.1 Å². The molecule has 1 saturated carbocycles. The molecule has 0 N–H and O–H groups in total. The zero-order chi connectivity index (χ0) is 16.8. The van der Waals surface area contributed by atoms with E-state index < -0.39 is 28.9 Å². The normalized spacial score (nSPS) is 17.0. The van der Waals surface area contributed by atoms with Crippen LogP contribution in [-0.4, -0.2) is 17.2 Å². The Kier molecular flexibility index (Phi) is 4.23. The Morgan fingerprint density at radius 3 is 2.27 bits per heavy atom. The van der Waals surface area contributed by atoms with Crippen molar-refractivity contribution in [3.63, 3.8) is 0 Å². The first kappa shape index (κ1) is 17.1. The number of alkyl halides is 3. The predicted octanol–water partition coefficient (Wildman–Crippen LogP) is 4.72. The van der Waals surface area contributed by atoms with Gasteiger partial charge in [0.05, 0.1) is 10.0 Å². The molecule has 0 heterocycles. The lowest BCUT2D eigenvalue weighted by atomic mass is 10.2. The van der Waals surface area contributed by atoms with E-state index in [1.54, 1.807) is 20.8 Å². The summed E-state index contributed by atoms with van der Waals surface area (Å²) in [5.74, 6) is -0.567. The Morgan fingerprint density at radius 2 is 1.82 bits per heavy atom. The summed E-state index contributed by atoms with van der Waals surface area (Å²) in [7, 11) is 0. The van der Waals surface area contributed by atoms with Gasteiger partial charge in [0.25, 0.3) is 0 Å². The van der Waals surface area contributed by atoms with Gasteiger partial charge in [0, 0.05) is 12.8 Å². The fourth-order valence-electron chi connectivity index (χ4n) is 1.85. The molecule has 0 saturated heterocycles. The first-order valence-corrected chi connectivity index (χ1v) is 7.52. The van der Waals surface area contributed by atoms with E-state index in [9.17, 15) is 18.0 Å². The van der Waals surface area contributed by atoms with Gasteiger partial charge in [-0.05, 0) is 48.8 Å². The van der Waals surface area contributed by atoms with Gasteiger partial charge < -0.3 is 9.47 Å². The highest BCUT2D eigenvalue weighted by molar-refractivity contribution is 9.10. The third-order valence-corrected chi connectivity index (χ3v) is 3.87. The SMILES string of the molecule is CC(C)(C)OC(=O)C1(Oc2cccc(C(F)(F)F)c2Br)CC1. The Bertz CT molecular complexity index is 587. The molecule has 0 atom stereocenters. The van der Waals surface area contributed by atoms with Crippen molar-refractivity contribution in [3.8, 4) is 5.75 Å². The molecule has 3 nitrogen and oxygen atoms in total. The molecule has 1 aliphatic rings. The van der Waals surface area contributed by atoms with E-state index in [-0.39, 0.29) is 10.2 Å². The average Bonchev–Trinajstić information content (AvgIpc) is 3.09. The number of hydrogen-bond acceptors (Lipinski definition) is 3. The number of esters is 1. The summed E-state index contributed by atoms with van der Waals surface area (Å²) < 4.78 is 49.3. The Labute approximate surface area is 134 Å². The van der Waals surface area contributed by atoms with Crippen molar-refractivity contribution >= 4 is 21.9 Å². The van der Waals surface area contributed by atoms with Gasteiger partial charge in [-0.3, -0.25) is 0 Å². The molecule has 122 valence electrons. The number of hydrogen-bond donors (Lipinski definition) is 0. The van der Waals surface area contributed by atoms with Crippen LogP contribution >= 0.6 is 15.9 Å². The van der Waals surface area contributed by atoms with Crippen LogP contribution in [0, 0.1) is 0 Å². The van der Waals surface area contributed by atoms with Crippen LogP contribution < -0.4 is 4.74 Å². The smallest absolute Gasteiger partial charge is 0.417 e. The van der Waals surface area contributed by atoms with E-state index in [0.717, 1.165) is 6.07 Å². The molecular formula is C15H16BrF3O3. The van der Waals surface area contributed by atoms with Gasteiger partial charge in [0.2, 0.25) is 5.60 Å². The fraction of sp³-hybridized carbons (Fsp3) is 0.533. The van der Waals surface area contributed by atoms with Crippen molar-refractivity contribution in [2.45, 2.75) is 51.0 Å². The van der Waals surface area contributed by atoms with Crippen LogP contribution in [-0.2, 0) is 15.7 Å². The molecule has 2 rings (SSSR count). The number of halogens is 4. The number of rotatable bonds is 3. The van der Waals surface area contributed by atoms with Crippen LogP contribution in [0.2, 0.25) is 0 Å². The molecule has 0 aromatic heterocycles. The van der Waals surface area contributed by atoms with Crippen molar-refractivity contribution < 1.29 is 27.4 Å². The maximum Gasteiger partial charge on any atom is 0.417 e. The minimum absolute atomic E-state index is 0.0156. The summed E-state index contributed by atoms with van der Waals surface area (Å²) >= 11 is 2.91. The summed E-state index contributed by atoms with van der Waals surface area (Å²) in [6.45, 7) is 5.17. The van der Waals surface area contributed by atoms with Crippen molar-refractivity contribution in [2.75, 3.05) is 0 Å². The number of ether oxygens (including phenoxy) is 2. The quantitative estimate of drug-likeness (QED) is 0.711. The van der Waals surface area contributed by atoms with Gasteiger partial charge in [-0.15, -0.1) is 0 Å². The van der Waals surface area contributed by atoms with Crippen molar-refractivity contribution in [2.24, 2.45) is 0 Å². The number of carbonyl (C=O) groups is 1. The minimum atomic E-state index is -4.50. The molecule has 1 aromatic carbocycles. The molecule has 0 unspecified atom stereocenters. The third-order valence-electron chi connectivity index (χ3n) is 3.05. The van der Waals surface area contributed by atoms with Crippen molar-refractivity contribution in [3.05, 3.63) is 28.2 Å². The van der Waals surface area contributed by atoms with Crippen molar-refractivity contribution in [1.82, 2.24) is 0 Å². The average molecular weight is 381 g/mol. The van der Waals surface area contributed by atoms with Crippen LogP contribution in [0.5, 0.6) is 5.75 Å². The van der Waals surface area contributed by atoms with E-state index in [1.165, 1.54) is 12.1 Å². The molecule has 1 aromatic rings. The zero-order valence-electron chi connectivity index (χ0n) is 12.4. The van der Waals surface area contributed by atoms with Crippen molar-refractivity contribution in [1.29, 1.82) is 0 Å². The van der Waals surface area contributed by atoms with Crippen LogP contribution in [0.1, 0.15) is 39.2 Å². The lowest BCUT2D eigenvalue weighted by molar-refractivity contribution is -0.165. The minimum Gasteiger partial charge on any atom is -0.474 e. The van der Waals surface area contributed by atoms with Gasteiger partial charge in [0.15, 0.2) is 0 Å². The maximum absolute atomic E-state index is 12.9. The third kappa shape index (κ3) is 3.74. The van der Waals surface area contributed by atoms with Crippen LogP contribution in [0.25, 0.3) is 0 Å². The summed E-state index contributed by atoms with van der Waals surface area (Å²) in [6.07, 6.45) is -3.66.